The summed E-state index contributed by atoms with van der Waals surface area (Å²) in [6.07, 6.45) is 4.99. The Bertz CT molecular complexity index is 408. The van der Waals surface area contributed by atoms with Crippen molar-refractivity contribution in [2.45, 2.75) is 52.1 Å². The summed E-state index contributed by atoms with van der Waals surface area (Å²) in [6.45, 7) is 4.72. The molecule has 0 aliphatic carbocycles. The highest BCUT2D eigenvalue weighted by atomic mass is 16.5. The van der Waals surface area contributed by atoms with Crippen molar-refractivity contribution in [1.82, 2.24) is 10.2 Å². The number of aromatic amines is 1. The second kappa shape index (κ2) is 6.00. The van der Waals surface area contributed by atoms with Gasteiger partial charge >= 0.3 is 0 Å². The summed E-state index contributed by atoms with van der Waals surface area (Å²) in [7, 11) is 0. The number of anilines is 1. The highest BCUT2D eigenvalue weighted by Gasteiger charge is 2.16. The van der Waals surface area contributed by atoms with Gasteiger partial charge in [-0.15, -0.1) is 0 Å². The van der Waals surface area contributed by atoms with Crippen LogP contribution in [-0.2, 0) is 9.53 Å². The molecule has 2 rings (SSSR count). The van der Waals surface area contributed by atoms with Crippen molar-refractivity contribution in [2.75, 3.05) is 11.9 Å². The second-order valence-corrected chi connectivity index (χ2v) is 4.90. The monoisotopic (exact) mass is 251 g/mol. The van der Waals surface area contributed by atoms with E-state index >= 15 is 0 Å². The van der Waals surface area contributed by atoms with Crippen LogP contribution in [0.2, 0.25) is 0 Å². The molecule has 2 heterocycles. The summed E-state index contributed by atoms with van der Waals surface area (Å²) in [4.78, 5) is 11.8. The predicted molar refractivity (Wildman–Crippen MR) is 69.5 cm³/mol. The van der Waals surface area contributed by atoms with Crippen molar-refractivity contribution >= 4 is 11.7 Å². The summed E-state index contributed by atoms with van der Waals surface area (Å²) in [5, 5.41) is 9.75. The normalized spacial score (nSPS) is 19.8. The lowest BCUT2D eigenvalue weighted by Crippen LogP contribution is -2.22. The molecule has 18 heavy (non-hydrogen) atoms. The molecular weight excluding hydrogens is 230 g/mol. The standard InChI is InChI=1S/C13H21N3O2/c1-9-10(2)15-16-13(9)14-12(17)7-6-11-5-3-4-8-18-11/h11H,3-8H2,1-2H3,(H2,14,15,16,17). The summed E-state index contributed by atoms with van der Waals surface area (Å²) >= 11 is 0. The lowest BCUT2D eigenvalue weighted by atomic mass is 10.0. The minimum atomic E-state index is 0.0128. The number of aryl methyl sites for hydroxylation is 1. The fourth-order valence-corrected chi connectivity index (χ4v) is 2.13. The van der Waals surface area contributed by atoms with Crippen molar-refractivity contribution in [3.8, 4) is 0 Å². The highest BCUT2D eigenvalue weighted by Crippen LogP contribution is 2.18. The molecule has 5 heteroatoms. The third kappa shape index (κ3) is 3.32. The molecule has 2 N–H and O–H groups in total. The number of nitrogens with zero attached hydrogens (tertiary/aromatic N) is 1. The lowest BCUT2D eigenvalue weighted by Gasteiger charge is -2.22. The molecule has 0 bridgehead atoms. The summed E-state index contributed by atoms with van der Waals surface area (Å²) in [5.74, 6) is 0.654. The van der Waals surface area contributed by atoms with E-state index < -0.39 is 0 Å². The van der Waals surface area contributed by atoms with Crippen molar-refractivity contribution in [1.29, 1.82) is 0 Å². The predicted octanol–water partition coefficient (Wildman–Crippen LogP) is 2.31. The van der Waals surface area contributed by atoms with Crippen molar-refractivity contribution in [2.24, 2.45) is 0 Å². The van der Waals surface area contributed by atoms with Crippen LogP contribution in [0.15, 0.2) is 0 Å². The molecule has 0 saturated carbocycles. The van der Waals surface area contributed by atoms with E-state index in [2.05, 4.69) is 15.5 Å². The van der Waals surface area contributed by atoms with Gasteiger partial charge in [-0.1, -0.05) is 0 Å². The fraction of sp³-hybridized carbons (Fsp3) is 0.692. The zero-order valence-electron chi connectivity index (χ0n) is 11.1. The van der Waals surface area contributed by atoms with Crippen molar-refractivity contribution < 1.29 is 9.53 Å². The molecule has 5 nitrogen and oxygen atoms in total. The molecule has 1 aromatic heterocycles. The van der Waals surface area contributed by atoms with Gasteiger partial charge in [-0.25, -0.2) is 0 Å². The Balaban J connectivity index is 1.76. The maximum atomic E-state index is 11.8. The maximum absolute atomic E-state index is 11.8. The third-order valence-electron chi connectivity index (χ3n) is 3.48. The molecule has 1 aromatic rings. The Hall–Kier alpha value is -1.36. The Morgan fingerprint density at radius 3 is 2.94 bits per heavy atom. The van der Waals surface area contributed by atoms with E-state index in [0.29, 0.717) is 12.2 Å². The van der Waals surface area contributed by atoms with Gasteiger partial charge in [0, 0.05) is 24.3 Å². The first-order chi connectivity index (χ1) is 8.66. The molecule has 0 radical (unpaired) electrons. The number of hydrogen-bond acceptors (Lipinski definition) is 3. The third-order valence-corrected chi connectivity index (χ3v) is 3.48. The molecule has 1 aliphatic heterocycles. The molecule has 0 aromatic carbocycles. The largest absolute Gasteiger partial charge is 0.378 e. The fourth-order valence-electron chi connectivity index (χ4n) is 2.13. The van der Waals surface area contributed by atoms with E-state index in [1.54, 1.807) is 0 Å². The van der Waals surface area contributed by atoms with Gasteiger partial charge in [0.15, 0.2) is 5.82 Å². The first-order valence-corrected chi connectivity index (χ1v) is 6.60. The van der Waals surface area contributed by atoms with Crippen molar-refractivity contribution in [3.63, 3.8) is 0 Å². The van der Waals surface area contributed by atoms with E-state index in [4.69, 9.17) is 4.74 Å². The molecule has 1 amide bonds. The van der Waals surface area contributed by atoms with E-state index in [-0.39, 0.29) is 12.0 Å². The Morgan fingerprint density at radius 2 is 2.33 bits per heavy atom. The van der Waals surface area contributed by atoms with E-state index in [0.717, 1.165) is 37.1 Å². The lowest BCUT2D eigenvalue weighted by molar-refractivity contribution is -0.117. The van der Waals surface area contributed by atoms with Crippen molar-refractivity contribution in [3.05, 3.63) is 11.3 Å². The number of ether oxygens (including phenoxy) is 1. The number of rotatable bonds is 4. The number of carbonyl (C=O) groups excluding carboxylic acids is 1. The van der Waals surface area contributed by atoms with Crippen LogP contribution in [0.1, 0.15) is 43.4 Å². The molecular formula is C13H21N3O2. The zero-order chi connectivity index (χ0) is 13.0. The number of H-pyrrole nitrogens is 1. The average Bonchev–Trinajstić information content (AvgIpc) is 2.70. The van der Waals surface area contributed by atoms with Crippen LogP contribution < -0.4 is 5.32 Å². The number of amides is 1. The van der Waals surface area contributed by atoms with E-state index in [1.165, 1.54) is 6.42 Å². The molecule has 0 spiro atoms. The molecule has 1 unspecified atom stereocenters. The van der Waals surface area contributed by atoms with Gasteiger partial charge in [-0.05, 0) is 39.5 Å². The first kappa shape index (κ1) is 13.1. The number of aromatic nitrogens is 2. The van der Waals surface area contributed by atoms with Crippen LogP contribution >= 0.6 is 0 Å². The molecule has 1 atom stereocenters. The number of carbonyl (C=O) groups is 1. The zero-order valence-corrected chi connectivity index (χ0v) is 11.1. The van der Waals surface area contributed by atoms with Gasteiger partial charge in [0.1, 0.15) is 0 Å². The van der Waals surface area contributed by atoms with Crippen LogP contribution in [0.4, 0.5) is 5.82 Å². The van der Waals surface area contributed by atoms with Crippen LogP contribution in [0, 0.1) is 13.8 Å². The van der Waals surface area contributed by atoms with Gasteiger partial charge in [-0.3, -0.25) is 9.89 Å². The van der Waals surface area contributed by atoms with Gasteiger partial charge in [-0.2, -0.15) is 5.10 Å². The Kier molecular flexibility index (Phi) is 4.36. The van der Waals surface area contributed by atoms with Crippen LogP contribution in [0.5, 0.6) is 0 Å². The maximum Gasteiger partial charge on any atom is 0.225 e. The quantitative estimate of drug-likeness (QED) is 0.863. The SMILES string of the molecule is Cc1[nH]nc(NC(=O)CCC2CCCCO2)c1C. The minimum absolute atomic E-state index is 0.0128. The van der Waals surface area contributed by atoms with Gasteiger partial charge in [0.05, 0.1) is 6.10 Å². The first-order valence-electron chi connectivity index (χ1n) is 6.60. The van der Waals surface area contributed by atoms with Crippen LogP contribution in [0.3, 0.4) is 0 Å². The molecule has 1 saturated heterocycles. The number of hydrogen-bond donors (Lipinski definition) is 2. The Morgan fingerprint density at radius 1 is 1.50 bits per heavy atom. The van der Waals surface area contributed by atoms with Gasteiger partial charge < -0.3 is 10.1 Å². The van der Waals surface area contributed by atoms with E-state index in [9.17, 15) is 4.79 Å². The summed E-state index contributed by atoms with van der Waals surface area (Å²) in [6, 6.07) is 0. The molecule has 100 valence electrons. The smallest absolute Gasteiger partial charge is 0.225 e. The van der Waals surface area contributed by atoms with Gasteiger partial charge in [0.25, 0.3) is 0 Å². The molecule has 1 aliphatic rings. The Labute approximate surface area is 107 Å². The second-order valence-electron chi connectivity index (χ2n) is 4.90. The topological polar surface area (TPSA) is 67.0 Å². The summed E-state index contributed by atoms with van der Waals surface area (Å²) in [5.41, 5.74) is 1.98. The average molecular weight is 251 g/mol. The van der Waals surface area contributed by atoms with Crippen LogP contribution in [-0.4, -0.2) is 28.8 Å². The number of nitrogens with one attached hydrogen (secondary N) is 2. The van der Waals surface area contributed by atoms with E-state index in [1.807, 2.05) is 13.8 Å². The van der Waals surface area contributed by atoms with Gasteiger partial charge in [0.2, 0.25) is 5.91 Å². The molecule has 1 fully saturated rings. The van der Waals surface area contributed by atoms with Crippen LogP contribution in [0.25, 0.3) is 0 Å². The summed E-state index contributed by atoms with van der Waals surface area (Å²) < 4.78 is 5.60. The minimum Gasteiger partial charge on any atom is -0.378 e. The highest BCUT2D eigenvalue weighted by molar-refractivity contribution is 5.90.